The minimum atomic E-state index is -0.392. The molecule has 1 amide bonds. The van der Waals surface area contributed by atoms with Gasteiger partial charge in [0.1, 0.15) is 0 Å². The number of H-pyrrole nitrogens is 1. The Morgan fingerprint density at radius 2 is 2.09 bits per heavy atom. The van der Waals surface area contributed by atoms with Gasteiger partial charge in [0.05, 0.1) is 18.1 Å². The van der Waals surface area contributed by atoms with Gasteiger partial charge < -0.3 is 15.0 Å². The maximum atomic E-state index is 11.7. The summed E-state index contributed by atoms with van der Waals surface area (Å²) >= 11 is 0. The Labute approximate surface area is 131 Å². The van der Waals surface area contributed by atoms with E-state index in [1.54, 1.807) is 25.3 Å². The number of nitrogens with zero attached hydrogens (tertiary/aromatic N) is 4. The number of imidazole rings is 1. The number of aromatic amines is 1. The lowest BCUT2D eigenvalue weighted by Crippen LogP contribution is -2.35. The fraction of sp³-hybridized carbons (Fsp3) is 0.733. The smallest absolute Gasteiger partial charge is 0.223 e. The maximum absolute atomic E-state index is 11.7. The molecule has 1 saturated heterocycles. The molecule has 0 aromatic carbocycles. The zero-order valence-corrected chi connectivity index (χ0v) is 13.7. The first-order chi connectivity index (χ1) is 10.5. The Balaban J connectivity index is 1.85. The van der Waals surface area contributed by atoms with E-state index < -0.39 is 6.10 Å². The van der Waals surface area contributed by atoms with Crippen molar-refractivity contribution < 1.29 is 9.90 Å². The van der Waals surface area contributed by atoms with Crippen LogP contribution in [0, 0.1) is 6.92 Å². The van der Waals surface area contributed by atoms with Gasteiger partial charge in [-0.2, -0.15) is 0 Å². The molecule has 0 radical (unpaired) electrons. The predicted octanol–water partition coefficient (Wildman–Crippen LogP) is -0.325. The summed E-state index contributed by atoms with van der Waals surface area (Å²) in [7, 11) is 3.54. The highest BCUT2D eigenvalue weighted by Gasteiger charge is 2.22. The van der Waals surface area contributed by atoms with Crippen molar-refractivity contribution in [2.24, 2.45) is 0 Å². The van der Waals surface area contributed by atoms with E-state index in [1.165, 1.54) is 0 Å². The minimum absolute atomic E-state index is 0.128. The number of aliphatic hydroxyl groups excluding tert-OH is 1. The van der Waals surface area contributed by atoms with Gasteiger partial charge in [-0.05, 0) is 6.92 Å². The van der Waals surface area contributed by atoms with Crippen LogP contribution in [0.3, 0.4) is 0 Å². The number of aliphatic hydroxyl groups is 1. The van der Waals surface area contributed by atoms with Crippen LogP contribution in [0.25, 0.3) is 0 Å². The fourth-order valence-electron chi connectivity index (χ4n) is 2.70. The molecule has 2 heterocycles. The van der Waals surface area contributed by atoms with E-state index in [9.17, 15) is 9.90 Å². The third-order valence-corrected chi connectivity index (χ3v) is 4.12. The molecule has 22 heavy (non-hydrogen) atoms. The average molecular weight is 309 g/mol. The third kappa shape index (κ3) is 4.79. The second kappa shape index (κ2) is 7.71. The van der Waals surface area contributed by atoms with Gasteiger partial charge in [-0.25, -0.2) is 4.98 Å². The summed E-state index contributed by atoms with van der Waals surface area (Å²) in [6, 6.07) is 0. The number of aromatic nitrogens is 2. The molecule has 1 aromatic rings. The number of carbonyl (C=O) groups excluding carboxylic acids is 1. The Morgan fingerprint density at radius 1 is 1.41 bits per heavy atom. The van der Waals surface area contributed by atoms with Crippen LogP contribution in [-0.2, 0) is 11.3 Å². The molecule has 0 aliphatic carbocycles. The molecule has 124 valence electrons. The van der Waals surface area contributed by atoms with Crippen molar-refractivity contribution in [3.05, 3.63) is 17.7 Å². The Bertz CT molecular complexity index is 488. The first kappa shape index (κ1) is 16.9. The highest BCUT2D eigenvalue weighted by molar-refractivity contribution is 5.75. The molecule has 1 atom stereocenters. The summed E-state index contributed by atoms with van der Waals surface area (Å²) in [5.41, 5.74) is 2.11. The molecule has 0 saturated carbocycles. The number of nitrogens with one attached hydrogen (secondary N) is 1. The van der Waals surface area contributed by atoms with Crippen LogP contribution in [-0.4, -0.2) is 88.6 Å². The lowest BCUT2D eigenvalue weighted by atomic mass is 10.3. The first-order valence-corrected chi connectivity index (χ1v) is 7.77. The van der Waals surface area contributed by atoms with Crippen LogP contribution >= 0.6 is 0 Å². The van der Waals surface area contributed by atoms with Crippen LogP contribution in [0.4, 0.5) is 0 Å². The van der Waals surface area contributed by atoms with E-state index in [0.29, 0.717) is 26.1 Å². The van der Waals surface area contributed by atoms with Crippen molar-refractivity contribution >= 4 is 5.91 Å². The third-order valence-electron chi connectivity index (χ3n) is 4.12. The zero-order chi connectivity index (χ0) is 16.1. The molecule has 7 nitrogen and oxygen atoms in total. The minimum Gasteiger partial charge on any atom is -0.390 e. The van der Waals surface area contributed by atoms with Gasteiger partial charge in [-0.15, -0.1) is 0 Å². The maximum Gasteiger partial charge on any atom is 0.223 e. The predicted molar refractivity (Wildman–Crippen MR) is 84.4 cm³/mol. The number of aryl methyl sites for hydroxylation is 1. The zero-order valence-electron chi connectivity index (χ0n) is 13.7. The van der Waals surface area contributed by atoms with Crippen molar-refractivity contribution in [3.63, 3.8) is 0 Å². The van der Waals surface area contributed by atoms with E-state index in [4.69, 9.17) is 0 Å². The van der Waals surface area contributed by atoms with Gasteiger partial charge in [0.15, 0.2) is 0 Å². The second-order valence-corrected chi connectivity index (χ2v) is 6.20. The summed E-state index contributed by atoms with van der Waals surface area (Å²) in [5.74, 6) is 0.128. The molecule has 1 aliphatic heterocycles. The summed E-state index contributed by atoms with van der Waals surface area (Å²) in [5, 5.41) is 10.2. The number of rotatable bonds is 5. The molecular weight excluding hydrogens is 282 g/mol. The summed E-state index contributed by atoms with van der Waals surface area (Å²) in [6.45, 7) is 6.46. The molecule has 1 aromatic heterocycles. The Kier molecular flexibility index (Phi) is 5.93. The average Bonchev–Trinajstić information content (AvgIpc) is 2.76. The number of amides is 1. The highest BCUT2D eigenvalue weighted by atomic mass is 16.3. The van der Waals surface area contributed by atoms with Crippen LogP contribution in [0.15, 0.2) is 6.33 Å². The largest absolute Gasteiger partial charge is 0.390 e. The van der Waals surface area contributed by atoms with Crippen molar-refractivity contribution in [1.82, 2.24) is 24.7 Å². The molecule has 0 spiro atoms. The van der Waals surface area contributed by atoms with E-state index in [0.717, 1.165) is 31.0 Å². The molecule has 7 heteroatoms. The van der Waals surface area contributed by atoms with Crippen molar-refractivity contribution in [1.29, 1.82) is 0 Å². The van der Waals surface area contributed by atoms with E-state index in [-0.39, 0.29) is 5.91 Å². The number of hydrogen-bond donors (Lipinski definition) is 2. The first-order valence-electron chi connectivity index (χ1n) is 7.77. The molecule has 2 N–H and O–H groups in total. The summed E-state index contributed by atoms with van der Waals surface area (Å²) < 4.78 is 0. The second-order valence-electron chi connectivity index (χ2n) is 6.20. The molecule has 2 rings (SSSR count). The normalized spacial score (nSPS) is 20.8. The quantitative estimate of drug-likeness (QED) is 0.779. The number of β-amino-alcohol motifs (C(OH)–C–C–N with tert-alkyl or cyclic N) is 1. The fourth-order valence-corrected chi connectivity index (χ4v) is 2.70. The van der Waals surface area contributed by atoms with E-state index in [1.807, 2.05) is 6.92 Å². The van der Waals surface area contributed by atoms with Gasteiger partial charge in [0.2, 0.25) is 5.91 Å². The summed E-state index contributed by atoms with van der Waals surface area (Å²) in [6.07, 6.45) is 1.81. The lowest BCUT2D eigenvalue weighted by molar-refractivity contribution is -0.129. The van der Waals surface area contributed by atoms with Crippen molar-refractivity contribution in [2.45, 2.75) is 26.0 Å². The van der Waals surface area contributed by atoms with Crippen LogP contribution in [0.1, 0.15) is 17.8 Å². The summed E-state index contributed by atoms with van der Waals surface area (Å²) in [4.78, 5) is 25.1. The van der Waals surface area contributed by atoms with Crippen molar-refractivity contribution in [3.8, 4) is 0 Å². The Morgan fingerprint density at radius 3 is 2.73 bits per heavy atom. The van der Waals surface area contributed by atoms with Crippen molar-refractivity contribution in [2.75, 3.05) is 46.8 Å². The Hall–Kier alpha value is -1.44. The van der Waals surface area contributed by atoms with E-state index in [2.05, 4.69) is 19.8 Å². The topological polar surface area (TPSA) is 75.7 Å². The van der Waals surface area contributed by atoms with Gasteiger partial charge in [0.25, 0.3) is 0 Å². The van der Waals surface area contributed by atoms with Gasteiger partial charge in [-0.1, -0.05) is 0 Å². The molecule has 0 bridgehead atoms. The molecule has 1 aliphatic rings. The standard InChI is InChI=1S/C15H27N5O2/c1-12-14(17-11-16-12)10-20-7-6-19(8-13(21)9-20)5-4-15(22)18(2)3/h11,13,21H,4-10H2,1-3H3,(H,16,17)/t13-/m0/s1. The van der Waals surface area contributed by atoms with Gasteiger partial charge in [-0.3, -0.25) is 14.6 Å². The molecule has 1 fully saturated rings. The van der Waals surface area contributed by atoms with E-state index >= 15 is 0 Å². The molecule has 0 unspecified atom stereocenters. The van der Waals surface area contributed by atoms with Gasteiger partial charge in [0, 0.05) is 65.5 Å². The molecular formula is C15H27N5O2. The van der Waals surface area contributed by atoms with Crippen LogP contribution in [0.5, 0.6) is 0 Å². The van der Waals surface area contributed by atoms with Gasteiger partial charge >= 0.3 is 0 Å². The SMILES string of the molecule is Cc1[nH]cnc1CN1CCN(CCC(=O)N(C)C)C[C@H](O)C1. The van der Waals surface area contributed by atoms with Crippen LogP contribution < -0.4 is 0 Å². The highest BCUT2D eigenvalue weighted by Crippen LogP contribution is 2.10. The number of hydrogen-bond acceptors (Lipinski definition) is 5. The monoisotopic (exact) mass is 309 g/mol. The lowest BCUT2D eigenvalue weighted by Gasteiger charge is -2.21. The van der Waals surface area contributed by atoms with Crippen LogP contribution in [0.2, 0.25) is 0 Å². The number of carbonyl (C=O) groups is 1.